The van der Waals surface area contributed by atoms with E-state index in [0.29, 0.717) is 6.04 Å². The molecule has 2 unspecified atom stereocenters. The van der Waals surface area contributed by atoms with E-state index < -0.39 is 0 Å². The van der Waals surface area contributed by atoms with Crippen LogP contribution in [0.5, 0.6) is 0 Å². The molecule has 3 rings (SSSR count). The van der Waals surface area contributed by atoms with Crippen LogP contribution < -0.4 is 5.32 Å². The molecule has 2 bridgehead atoms. The van der Waals surface area contributed by atoms with E-state index >= 15 is 0 Å². The van der Waals surface area contributed by atoms with E-state index in [9.17, 15) is 0 Å². The second-order valence-electron chi connectivity index (χ2n) is 4.65. The van der Waals surface area contributed by atoms with E-state index in [1.54, 1.807) is 0 Å². The van der Waals surface area contributed by atoms with Crippen molar-refractivity contribution in [3.8, 4) is 0 Å². The highest BCUT2D eigenvalue weighted by Gasteiger charge is 2.34. The van der Waals surface area contributed by atoms with Crippen LogP contribution in [-0.2, 0) is 0 Å². The molecule has 0 aromatic carbocycles. The Morgan fingerprint density at radius 3 is 2.50 bits per heavy atom. The van der Waals surface area contributed by atoms with Crippen LogP contribution in [0.3, 0.4) is 0 Å². The van der Waals surface area contributed by atoms with Gasteiger partial charge in [0.15, 0.2) is 0 Å². The zero-order chi connectivity index (χ0) is 9.97. The average Bonchev–Trinajstić information content (AvgIpc) is 2.27. The van der Waals surface area contributed by atoms with Gasteiger partial charge in [0.25, 0.3) is 0 Å². The summed E-state index contributed by atoms with van der Waals surface area (Å²) in [6, 6.07) is 1.40. The lowest BCUT2D eigenvalue weighted by Crippen LogP contribution is -2.65. The van der Waals surface area contributed by atoms with Crippen LogP contribution in [0.4, 0.5) is 0 Å². The maximum Gasteiger partial charge on any atom is 0.0374 e. The maximum absolute atomic E-state index is 3.62. The number of hydrogen-bond acceptors (Lipinski definition) is 3. The summed E-state index contributed by atoms with van der Waals surface area (Å²) >= 11 is 0. The van der Waals surface area contributed by atoms with E-state index in [4.69, 9.17) is 0 Å². The number of nitrogens with one attached hydrogen (secondary N) is 1. The molecule has 3 nitrogen and oxygen atoms in total. The highest BCUT2D eigenvalue weighted by Crippen LogP contribution is 2.17. The molecular weight excluding hydrogens is 174 g/mol. The van der Waals surface area contributed by atoms with Crippen molar-refractivity contribution in [2.24, 2.45) is 0 Å². The fourth-order valence-corrected chi connectivity index (χ4v) is 2.64. The standard InChI is InChI=1S/C11H23N3/c1-3-4-12-10(2)11-9-13-5-7-14(11)8-6-13/h10-12H,3-9H2,1-2H3. The quantitative estimate of drug-likeness (QED) is 0.703. The van der Waals surface area contributed by atoms with Crippen LogP contribution in [0.25, 0.3) is 0 Å². The lowest BCUT2D eigenvalue weighted by atomic mass is 10.0. The Morgan fingerprint density at radius 2 is 2.00 bits per heavy atom. The Hall–Kier alpha value is -0.120. The van der Waals surface area contributed by atoms with Crippen molar-refractivity contribution in [1.29, 1.82) is 0 Å². The zero-order valence-corrected chi connectivity index (χ0v) is 9.50. The van der Waals surface area contributed by atoms with E-state index in [0.717, 1.165) is 12.6 Å². The van der Waals surface area contributed by atoms with Crippen molar-refractivity contribution >= 4 is 0 Å². The van der Waals surface area contributed by atoms with Crippen molar-refractivity contribution in [2.75, 3.05) is 39.3 Å². The molecule has 0 aliphatic carbocycles. The third-order valence-electron chi connectivity index (χ3n) is 3.61. The minimum absolute atomic E-state index is 0.651. The van der Waals surface area contributed by atoms with Gasteiger partial charge in [0.2, 0.25) is 0 Å². The summed E-state index contributed by atoms with van der Waals surface area (Å²) in [5.74, 6) is 0. The predicted molar refractivity (Wildman–Crippen MR) is 59.6 cm³/mol. The van der Waals surface area contributed by atoms with Gasteiger partial charge in [0, 0.05) is 44.8 Å². The maximum atomic E-state index is 3.62. The van der Waals surface area contributed by atoms with Crippen molar-refractivity contribution in [1.82, 2.24) is 15.1 Å². The van der Waals surface area contributed by atoms with Gasteiger partial charge in [-0.25, -0.2) is 0 Å². The third-order valence-corrected chi connectivity index (χ3v) is 3.61. The average molecular weight is 197 g/mol. The lowest BCUT2D eigenvalue weighted by molar-refractivity contribution is -0.000345. The lowest BCUT2D eigenvalue weighted by Gasteiger charge is -2.49. The first-order valence-corrected chi connectivity index (χ1v) is 6.01. The van der Waals surface area contributed by atoms with E-state index in [2.05, 4.69) is 29.0 Å². The number of piperazine rings is 3. The Balaban J connectivity index is 1.85. The summed E-state index contributed by atoms with van der Waals surface area (Å²) in [6.45, 7) is 12.1. The summed E-state index contributed by atoms with van der Waals surface area (Å²) in [5, 5.41) is 3.62. The molecule has 0 radical (unpaired) electrons. The molecule has 3 fully saturated rings. The van der Waals surface area contributed by atoms with Crippen LogP contribution in [-0.4, -0.2) is 61.2 Å². The first-order valence-electron chi connectivity index (χ1n) is 6.01. The van der Waals surface area contributed by atoms with Crippen LogP contribution in [0, 0.1) is 0 Å². The summed E-state index contributed by atoms with van der Waals surface area (Å²) in [6.07, 6.45) is 1.24. The van der Waals surface area contributed by atoms with Crippen molar-refractivity contribution in [2.45, 2.75) is 32.4 Å². The summed E-state index contributed by atoms with van der Waals surface area (Å²) in [7, 11) is 0. The first-order chi connectivity index (χ1) is 6.81. The van der Waals surface area contributed by atoms with E-state index in [-0.39, 0.29) is 0 Å². The van der Waals surface area contributed by atoms with Crippen LogP contribution in [0.2, 0.25) is 0 Å². The molecule has 3 aliphatic rings. The van der Waals surface area contributed by atoms with Gasteiger partial charge in [-0.05, 0) is 19.9 Å². The molecule has 0 aromatic heterocycles. The van der Waals surface area contributed by atoms with Crippen molar-refractivity contribution in [3.63, 3.8) is 0 Å². The fraction of sp³-hybridized carbons (Fsp3) is 1.00. The van der Waals surface area contributed by atoms with Gasteiger partial charge >= 0.3 is 0 Å². The van der Waals surface area contributed by atoms with Crippen molar-refractivity contribution in [3.05, 3.63) is 0 Å². The Labute approximate surface area is 87.4 Å². The van der Waals surface area contributed by atoms with Gasteiger partial charge in [-0.3, -0.25) is 9.80 Å². The van der Waals surface area contributed by atoms with Crippen LogP contribution in [0.15, 0.2) is 0 Å². The largest absolute Gasteiger partial charge is 0.313 e. The minimum atomic E-state index is 0.651. The highest BCUT2D eigenvalue weighted by molar-refractivity contribution is 4.93. The fourth-order valence-electron chi connectivity index (χ4n) is 2.64. The van der Waals surface area contributed by atoms with Crippen LogP contribution in [0.1, 0.15) is 20.3 Å². The molecule has 3 heterocycles. The van der Waals surface area contributed by atoms with Crippen molar-refractivity contribution < 1.29 is 0 Å². The summed E-state index contributed by atoms with van der Waals surface area (Å²) in [4.78, 5) is 5.27. The number of nitrogens with zero attached hydrogens (tertiary/aromatic N) is 2. The predicted octanol–water partition coefficient (Wildman–Crippen LogP) is 0.374. The Morgan fingerprint density at radius 1 is 1.29 bits per heavy atom. The van der Waals surface area contributed by atoms with Gasteiger partial charge in [0.1, 0.15) is 0 Å². The second-order valence-corrected chi connectivity index (χ2v) is 4.65. The molecule has 0 saturated carbocycles. The number of rotatable bonds is 4. The topological polar surface area (TPSA) is 18.5 Å². The van der Waals surface area contributed by atoms with Gasteiger partial charge in [-0.15, -0.1) is 0 Å². The second kappa shape index (κ2) is 4.60. The Kier molecular flexibility index (Phi) is 3.42. The van der Waals surface area contributed by atoms with E-state index in [1.165, 1.54) is 39.1 Å². The number of fused-ring (bicyclic) bond motifs is 3. The first kappa shape index (κ1) is 10.4. The molecule has 14 heavy (non-hydrogen) atoms. The highest BCUT2D eigenvalue weighted by atomic mass is 15.4. The van der Waals surface area contributed by atoms with Gasteiger partial charge in [-0.2, -0.15) is 0 Å². The molecule has 0 aromatic rings. The van der Waals surface area contributed by atoms with E-state index in [1.807, 2.05) is 0 Å². The smallest absolute Gasteiger partial charge is 0.0374 e. The molecule has 3 heteroatoms. The molecular formula is C11H23N3. The monoisotopic (exact) mass is 197 g/mol. The molecule has 82 valence electrons. The van der Waals surface area contributed by atoms with Gasteiger partial charge < -0.3 is 5.32 Å². The SMILES string of the molecule is CCCNC(C)C1CN2CCN1CC2. The third kappa shape index (κ3) is 2.10. The summed E-state index contributed by atoms with van der Waals surface area (Å²) in [5.41, 5.74) is 0. The normalized spacial score (nSPS) is 38.6. The van der Waals surface area contributed by atoms with Gasteiger partial charge in [0.05, 0.1) is 0 Å². The zero-order valence-electron chi connectivity index (χ0n) is 9.50. The Bertz CT molecular complexity index is 175. The molecule has 0 spiro atoms. The van der Waals surface area contributed by atoms with Crippen LogP contribution >= 0.6 is 0 Å². The molecule has 1 N–H and O–H groups in total. The van der Waals surface area contributed by atoms with Gasteiger partial charge in [-0.1, -0.05) is 6.92 Å². The summed E-state index contributed by atoms with van der Waals surface area (Å²) < 4.78 is 0. The molecule has 3 saturated heterocycles. The minimum Gasteiger partial charge on any atom is -0.313 e. The molecule has 2 atom stereocenters. The number of hydrogen-bond donors (Lipinski definition) is 1. The molecule has 3 aliphatic heterocycles. The molecule has 0 amide bonds.